The Balaban J connectivity index is 1.70. The van der Waals surface area contributed by atoms with Gasteiger partial charge in [-0.1, -0.05) is 12.1 Å². The number of aromatic nitrogens is 1. The molecule has 1 aromatic heterocycles. The van der Waals surface area contributed by atoms with Crippen molar-refractivity contribution in [2.24, 2.45) is 5.92 Å². The Kier molecular flexibility index (Phi) is 5.97. The van der Waals surface area contributed by atoms with Crippen molar-refractivity contribution >= 4 is 17.5 Å². The van der Waals surface area contributed by atoms with Crippen LogP contribution in [0.25, 0.3) is 11.1 Å². The molecule has 0 unspecified atom stereocenters. The Morgan fingerprint density at radius 1 is 0.964 bits per heavy atom. The first-order chi connectivity index (χ1) is 13.4. The van der Waals surface area contributed by atoms with Gasteiger partial charge in [0.05, 0.1) is 5.56 Å². The molecule has 1 saturated heterocycles. The van der Waals surface area contributed by atoms with Crippen molar-refractivity contribution in [3.8, 4) is 11.1 Å². The maximum absolute atomic E-state index is 12.9. The Morgan fingerprint density at radius 2 is 1.61 bits per heavy atom. The van der Waals surface area contributed by atoms with Gasteiger partial charge in [-0.3, -0.25) is 14.6 Å². The van der Waals surface area contributed by atoms with Gasteiger partial charge in [-0.2, -0.15) is 0 Å². The lowest BCUT2D eigenvalue weighted by Gasteiger charge is -2.32. The van der Waals surface area contributed by atoms with Gasteiger partial charge in [0.25, 0.3) is 5.91 Å². The summed E-state index contributed by atoms with van der Waals surface area (Å²) in [7, 11) is 7.57. The first-order valence-electron chi connectivity index (χ1n) is 9.60. The van der Waals surface area contributed by atoms with E-state index in [2.05, 4.69) is 17.1 Å². The largest absolute Gasteiger partial charge is 0.378 e. The Bertz CT molecular complexity index is 838. The van der Waals surface area contributed by atoms with Gasteiger partial charge in [0.15, 0.2) is 0 Å². The Labute approximate surface area is 166 Å². The molecule has 0 aliphatic carbocycles. The second-order valence-electron chi connectivity index (χ2n) is 7.70. The molecule has 1 aliphatic heterocycles. The smallest absolute Gasteiger partial charge is 0.255 e. The SMILES string of the molecule is CN(C)C(=O)C1CCN(C(=O)c2cncc(-c3ccc(N(C)C)cc3)c2)CC1. The van der Waals surface area contributed by atoms with Crippen LogP contribution in [0.2, 0.25) is 0 Å². The number of amides is 2. The summed E-state index contributed by atoms with van der Waals surface area (Å²) in [6.07, 6.45) is 4.82. The van der Waals surface area contributed by atoms with Crippen LogP contribution in [0.1, 0.15) is 23.2 Å². The number of rotatable bonds is 4. The van der Waals surface area contributed by atoms with Crippen LogP contribution in [-0.4, -0.2) is 67.9 Å². The molecule has 6 heteroatoms. The van der Waals surface area contributed by atoms with Crippen molar-refractivity contribution in [3.63, 3.8) is 0 Å². The molecule has 0 radical (unpaired) electrons. The summed E-state index contributed by atoms with van der Waals surface area (Å²) in [4.78, 5) is 34.8. The third kappa shape index (κ3) is 4.32. The molecule has 1 fully saturated rings. The van der Waals surface area contributed by atoms with Crippen LogP contribution in [0, 0.1) is 5.92 Å². The van der Waals surface area contributed by atoms with Gasteiger partial charge < -0.3 is 14.7 Å². The van der Waals surface area contributed by atoms with Crippen molar-refractivity contribution in [2.75, 3.05) is 46.2 Å². The standard InChI is InChI=1S/C22H28N4O2/c1-24(2)20-7-5-16(6-8-20)18-13-19(15-23-14-18)22(28)26-11-9-17(10-12-26)21(27)25(3)4/h5-8,13-15,17H,9-12H2,1-4H3. The maximum Gasteiger partial charge on any atom is 0.255 e. The normalized spacial score (nSPS) is 14.6. The number of carbonyl (C=O) groups excluding carboxylic acids is 2. The highest BCUT2D eigenvalue weighted by Gasteiger charge is 2.28. The van der Waals surface area contributed by atoms with Crippen LogP contribution >= 0.6 is 0 Å². The number of likely N-dealkylation sites (tertiary alicyclic amines) is 1. The molecule has 3 rings (SSSR count). The van der Waals surface area contributed by atoms with E-state index < -0.39 is 0 Å². The average Bonchev–Trinajstić information content (AvgIpc) is 2.73. The van der Waals surface area contributed by atoms with Crippen molar-refractivity contribution < 1.29 is 9.59 Å². The van der Waals surface area contributed by atoms with E-state index in [0.717, 1.165) is 16.8 Å². The van der Waals surface area contributed by atoms with Crippen LogP contribution in [0.4, 0.5) is 5.69 Å². The van der Waals surface area contributed by atoms with Crippen LogP contribution < -0.4 is 4.90 Å². The minimum atomic E-state index is -0.0185. The molecule has 1 aromatic carbocycles. The summed E-state index contributed by atoms with van der Waals surface area (Å²) in [5, 5.41) is 0. The molecule has 1 aliphatic rings. The van der Waals surface area contributed by atoms with E-state index >= 15 is 0 Å². The molecule has 2 heterocycles. The van der Waals surface area contributed by atoms with Crippen LogP contribution in [0.3, 0.4) is 0 Å². The van der Waals surface area contributed by atoms with Gasteiger partial charge in [-0.25, -0.2) is 0 Å². The van der Waals surface area contributed by atoms with E-state index in [1.54, 1.807) is 31.4 Å². The van der Waals surface area contributed by atoms with Crippen molar-refractivity contribution in [2.45, 2.75) is 12.8 Å². The minimum Gasteiger partial charge on any atom is -0.378 e. The number of benzene rings is 1. The van der Waals surface area contributed by atoms with Crippen LogP contribution in [0.15, 0.2) is 42.7 Å². The lowest BCUT2D eigenvalue weighted by atomic mass is 9.95. The Morgan fingerprint density at radius 3 is 2.18 bits per heavy atom. The summed E-state index contributed by atoms with van der Waals surface area (Å²) in [5.74, 6) is 0.144. The van der Waals surface area contributed by atoms with E-state index in [4.69, 9.17) is 0 Å². The van der Waals surface area contributed by atoms with Crippen LogP contribution in [0.5, 0.6) is 0 Å². The zero-order chi connectivity index (χ0) is 20.3. The lowest BCUT2D eigenvalue weighted by Crippen LogP contribution is -2.42. The quantitative estimate of drug-likeness (QED) is 0.818. The molecular formula is C22H28N4O2. The third-order valence-corrected chi connectivity index (χ3v) is 5.27. The fraction of sp³-hybridized carbons (Fsp3) is 0.409. The van der Waals surface area contributed by atoms with E-state index in [1.165, 1.54) is 0 Å². The summed E-state index contributed by atoms with van der Waals surface area (Å²) < 4.78 is 0. The fourth-order valence-corrected chi connectivity index (χ4v) is 3.54. The molecule has 0 N–H and O–H groups in total. The molecule has 28 heavy (non-hydrogen) atoms. The molecule has 2 aromatic rings. The van der Waals surface area contributed by atoms with E-state index in [1.807, 2.05) is 42.1 Å². The number of nitrogens with zero attached hydrogens (tertiary/aromatic N) is 4. The molecule has 0 spiro atoms. The zero-order valence-corrected chi connectivity index (χ0v) is 17.1. The summed E-state index contributed by atoms with van der Waals surface area (Å²) in [5.41, 5.74) is 3.67. The van der Waals surface area contributed by atoms with E-state index in [9.17, 15) is 9.59 Å². The van der Waals surface area contributed by atoms with Gasteiger partial charge >= 0.3 is 0 Å². The number of piperidine rings is 1. The molecule has 0 atom stereocenters. The number of anilines is 1. The molecule has 148 valence electrons. The first kappa shape index (κ1) is 19.9. The second kappa shape index (κ2) is 8.42. The third-order valence-electron chi connectivity index (χ3n) is 5.27. The monoisotopic (exact) mass is 380 g/mol. The summed E-state index contributed by atoms with van der Waals surface area (Å²) in [6.45, 7) is 1.20. The first-order valence-corrected chi connectivity index (χ1v) is 9.60. The van der Waals surface area contributed by atoms with Gasteiger partial charge in [-0.15, -0.1) is 0 Å². The molecule has 6 nitrogen and oxygen atoms in total. The zero-order valence-electron chi connectivity index (χ0n) is 17.1. The van der Waals surface area contributed by atoms with Crippen molar-refractivity contribution in [1.82, 2.24) is 14.8 Å². The summed E-state index contributed by atoms with van der Waals surface area (Å²) >= 11 is 0. The lowest BCUT2D eigenvalue weighted by molar-refractivity contribution is -0.134. The van der Waals surface area contributed by atoms with E-state index in [-0.39, 0.29) is 17.7 Å². The predicted octanol–water partition coefficient (Wildman–Crippen LogP) is 2.76. The van der Waals surface area contributed by atoms with Gasteiger partial charge in [0, 0.05) is 70.8 Å². The summed E-state index contributed by atoms with van der Waals surface area (Å²) in [6, 6.07) is 10.1. The molecule has 0 saturated carbocycles. The average molecular weight is 380 g/mol. The van der Waals surface area contributed by atoms with Gasteiger partial charge in [-0.05, 0) is 36.6 Å². The number of carbonyl (C=O) groups is 2. The van der Waals surface area contributed by atoms with Gasteiger partial charge in [0.1, 0.15) is 0 Å². The second-order valence-corrected chi connectivity index (χ2v) is 7.70. The van der Waals surface area contributed by atoms with E-state index in [0.29, 0.717) is 31.5 Å². The number of hydrogen-bond acceptors (Lipinski definition) is 4. The molecule has 0 bridgehead atoms. The predicted molar refractivity (Wildman–Crippen MR) is 111 cm³/mol. The van der Waals surface area contributed by atoms with Crippen molar-refractivity contribution in [1.29, 1.82) is 0 Å². The minimum absolute atomic E-state index is 0.0127. The number of pyridine rings is 1. The Hall–Kier alpha value is -2.89. The highest BCUT2D eigenvalue weighted by atomic mass is 16.2. The maximum atomic E-state index is 12.9. The molecular weight excluding hydrogens is 352 g/mol. The highest BCUT2D eigenvalue weighted by Crippen LogP contribution is 2.24. The highest BCUT2D eigenvalue weighted by molar-refractivity contribution is 5.95. The van der Waals surface area contributed by atoms with Crippen molar-refractivity contribution in [3.05, 3.63) is 48.3 Å². The van der Waals surface area contributed by atoms with Gasteiger partial charge in [0.2, 0.25) is 5.91 Å². The topological polar surface area (TPSA) is 56.8 Å². The fourth-order valence-electron chi connectivity index (χ4n) is 3.54. The molecule has 2 amide bonds. The number of hydrogen-bond donors (Lipinski definition) is 0. The van der Waals surface area contributed by atoms with Crippen LogP contribution in [-0.2, 0) is 4.79 Å².